The van der Waals surface area contributed by atoms with E-state index in [1.807, 2.05) is 0 Å². The normalized spacial score (nSPS) is 25.5. The second-order valence-corrected chi connectivity index (χ2v) is 4.53. The van der Waals surface area contributed by atoms with Crippen LogP contribution in [0.3, 0.4) is 0 Å². The van der Waals surface area contributed by atoms with Crippen molar-refractivity contribution in [2.24, 2.45) is 5.92 Å². The maximum atomic E-state index is 4.40. The van der Waals surface area contributed by atoms with Crippen LogP contribution in [0.15, 0.2) is 12.5 Å². The van der Waals surface area contributed by atoms with E-state index in [-0.39, 0.29) is 0 Å². The monoisotopic (exact) mass is 217 g/mol. The number of aromatic nitrogens is 4. The van der Waals surface area contributed by atoms with Gasteiger partial charge >= 0.3 is 0 Å². The summed E-state index contributed by atoms with van der Waals surface area (Å²) in [5.74, 6) is 1.73. The molecule has 1 N–H and O–H groups in total. The molecule has 84 valence electrons. The zero-order chi connectivity index (χ0) is 11.1. The summed E-state index contributed by atoms with van der Waals surface area (Å²) in [6.45, 7) is 5.61. The van der Waals surface area contributed by atoms with Crippen molar-refractivity contribution in [3.63, 3.8) is 0 Å². The Balaban J connectivity index is 2.09. The van der Waals surface area contributed by atoms with E-state index in [1.165, 1.54) is 6.42 Å². The highest BCUT2D eigenvalue weighted by Gasteiger charge is 2.29. The number of fused-ring (bicyclic) bond motifs is 1. The molecule has 2 unspecified atom stereocenters. The molecule has 1 fully saturated rings. The number of hydrogen-bond acceptors (Lipinski definition) is 4. The lowest BCUT2D eigenvalue weighted by atomic mass is 10.1. The van der Waals surface area contributed by atoms with Crippen LogP contribution in [-0.2, 0) is 0 Å². The minimum Gasteiger partial charge on any atom is -0.353 e. The Morgan fingerprint density at radius 3 is 3.00 bits per heavy atom. The number of nitrogens with zero attached hydrogens (tertiary/aromatic N) is 4. The van der Waals surface area contributed by atoms with Crippen molar-refractivity contribution < 1.29 is 0 Å². The lowest BCUT2D eigenvalue weighted by molar-refractivity contribution is 0.545. The van der Waals surface area contributed by atoms with Gasteiger partial charge in [0.2, 0.25) is 0 Å². The number of H-pyrrole nitrogens is 1. The van der Waals surface area contributed by atoms with Crippen LogP contribution in [0.2, 0.25) is 0 Å². The first-order valence-corrected chi connectivity index (χ1v) is 5.68. The summed E-state index contributed by atoms with van der Waals surface area (Å²) in [7, 11) is 0. The molecule has 5 heteroatoms. The Morgan fingerprint density at radius 2 is 2.25 bits per heavy atom. The predicted molar refractivity (Wildman–Crippen MR) is 62.3 cm³/mol. The molecule has 0 aliphatic carbocycles. The summed E-state index contributed by atoms with van der Waals surface area (Å²) < 4.78 is 0. The van der Waals surface area contributed by atoms with Gasteiger partial charge in [0.1, 0.15) is 12.1 Å². The minimum absolute atomic E-state index is 0.535. The van der Waals surface area contributed by atoms with Gasteiger partial charge in [-0.25, -0.2) is 9.97 Å². The molecule has 2 atom stereocenters. The van der Waals surface area contributed by atoms with E-state index < -0.39 is 0 Å². The van der Waals surface area contributed by atoms with Crippen molar-refractivity contribution in [3.8, 4) is 0 Å². The standard InChI is InChI=1S/C11H15N5/c1-7-3-4-16(8(7)2)11-9-5-14-15-10(9)12-6-13-11/h5-8H,3-4H2,1-2H3,(H,12,13,14,15). The maximum Gasteiger partial charge on any atom is 0.160 e. The number of rotatable bonds is 1. The first kappa shape index (κ1) is 9.57. The van der Waals surface area contributed by atoms with Crippen molar-refractivity contribution in [2.45, 2.75) is 26.3 Å². The van der Waals surface area contributed by atoms with E-state index in [4.69, 9.17) is 0 Å². The van der Waals surface area contributed by atoms with Crippen LogP contribution < -0.4 is 4.90 Å². The van der Waals surface area contributed by atoms with Crippen LogP contribution in [0.4, 0.5) is 5.82 Å². The van der Waals surface area contributed by atoms with Crippen LogP contribution in [-0.4, -0.2) is 32.8 Å². The molecule has 0 saturated carbocycles. The molecule has 2 aromatic heterocycles. The van der Waals surface area contributed by atoms with E-state index in [9.17, 15) is 0 Å². The molecule has 2 aromatic rings. The third-order valence-electron chi connectivity index (χ3n) is 3.64. The molecule has 0 aromatic carbocycles. The highest BCUT2D eigenvalue weighted by molar-refractivity contribution is 5.86. The van der Waals surface area contributed by atoms with E-state index >= 15 is 0 Å². The Morgan fingerprint density at radius 1 is 1.38 bits per heavy atom. The quantitative estimate of drug-likeness (QED) is 0.788. The predicted octanol–water partition coefficient (Wildman–Crippen LogP) is 1.59. The summed E-state index contributed by atoms with van der Waals surface area (Å²) in [6, 6.07) is 0.535. The molecule has 1 aliphatic heterocycles. The summed E-state index contributed by atoms with van der Waals surface area (Å²) in [6.07, 6.45) is 4.64. The Labute approximate surface area is 93.9 Å². The first-order valence-electron chi connectivity index (χ1n) is 5.68. The van der Waals surface area contributed by atoms with E-state index in [1.54, 1.807) is 12.5 Å². The molecule has 0 radical (unpaired) electrons. The van der Waals surface area contributed by atoms with Gasteiger partial charge in [-0.15, -0.1) is 0 Å². The highest BCUT2D eigenvalue weighted by Crippen LogP contribution is 2.31. The smallest absolute Gasteiger partial charge is 0.160 e. The lowest BCUT2D eigenvalue weighted by Crippen LogP contribution is -2.29. The second-order valence-electron chi connectivity index (χ2n) is 4.53. The van der Waals surface area contributed by atoms with Crippen molar-refractivity contribution in [1.82, 2.24) is 20.2 Å². The van der Waals surface area contributed by atoms with Gasteiger partial charge in [-0.05, 0) is 19.3 Å². The molecular formula is C11H15N5. The largest absolute Gasteiger partial charge is 0.353 e. The maximum absolute atomic E-state index is 4.40. The second kappa shape index (κ2) is 3.43. The number of nitrogens with one attached hydrogen (secondary N) is 1. The van der Waals surface area contributed by atoms with E-state index in [0.29, 0.717) is 6.04 Å². The van der Waals surface area contributed by atoms with E-state index in [2.05, 4.69) is 38.9 Å². The molecule has 0 bridgehead atoms. The SMILES string of the molecule is CC1CCN(c2ncnc3[nH]ncc23)C1C. The first-order chi connectivity index (χ1) is 7.77. The molecule has 0 spiro atoms. The van der Waals surface area contributed by atoms with Crippen LogP contribution >= 0.6 is 0 Å². The van der Waals surface area contributed by atoms with Gasteiger partial charge < -0.3 is 4.90 Å². The van der Waals surface area contributed by atoms with Crippen LogP contribution in [0.5, 0.6) is 0 Å². The van der Waals surface area contributed by atoms with Gasteiger partial charge in [0, 0.05) is 12.6 Å². The number of anilines is 1. The van der Waals surface area contributed by atoms with Gasteiger partial charge in [0.25, 0.3) is 0 Å². The fraction of sp³-hybridized carbons (Fsp3) is 0.545. The molecule has 5 nitrogen and oxygen atoms in total. The molecule has 0 amide bonds. The Hall–Kier alpha value is -1.65. The summed E-state index contributed by atoms with van der Waals surface area (Å²) in [4.78, 5) is 10.9. The minimum atomic E-state index is 0.535. The Bertz CT molecular complexity index is 506. The van der Waals surface area contributed by atoms with Crippen LogP contribution in [0.1, 0.15) is 20.3 Å². The fourth-order valence-corrected chi connectivity index (χ4v) is 2.37. The fourth-order valence-electron chi connectivity index (χ4n) is 2.37. The topological polar surface area (TPSA) is 57.7 Å². The highest BCUT2D eigenvalue weighted by atomic mass is 15.3. The molecule has 16 heavy (non-hydrogen) atoms. The van der Waals surface area contributed by atoms with E-state index in [0.717, 1.165) is 29.3 Å². The summed E-state index contributed by atoms with van der Waals surface area (Å²) in [5.41, 5.74) is 0.816. The van der Waals surface area contributed by atoms with Crippen molar-refractivity contribution >= 4 is 16.9 Å². The van der Waals surface area contributed by atoms with Crippen LogP contribution in [0, 0.1) is 5.92 Å². The molecule has 3 heterocycles. The summed E-state index contributed by atoms with van der Waals surface area (Å²) >= 11 is 0. The van der Waals surface area contributed by atoms with Gasteiger partial charge in [-0.1, -0.05) is 6.92 Å². The van der Waals surface area contributed by atoms with Crippen molar-refractivity contribution in [2.75, 3.05) is 11.4 Å². The van der Waals surface area contributed by atoms with Crippen molar-refractivity contribution in [3.05, 3.63) is 12.5 Å². The third kappa shape index (κ3) is 1.27. The number of hydrogen-bond donors (Lipinski definition) is 1. The van der Waals surface area contributed by atoms with Gasteiger partial charge in [-0.2, -0.15) is 5.10 Å². The van der Waals surface area contributed by atoms with Crippen molar-refractivity contribution in [1.29, 1.82) is 0 Å². The van der Waals surface area contributed by atoms with Crippen LogP contribution in [0.25, 0.3) is 11.0 Å². The zero-order valence-corrected chi connectivity index (χ0v) is 9.51. The lowest BCUT2D eigenvalue weighted by Gasteiger charge is -2.24. The van der Waals surface area contributed by atoms with Gasteiger partial charge in [0.15, 0.2) is 5.65 Å². The van der Waals surface area contributed by atoms with Gasteiger partial charge in [-0.3, -0.25) is 5.10 Å². The molecular weight excluding hydrogens is 202 g/mol. The summed E-state index contributed by atoms with van der Waals surface area (Å²) in [5, 5.41) is 7.92. The Kier molecular flexibility index (Phi) is 2.05. The molecule has 1 aliphatic rings. The van der Waals surface area contributed by atoms with Gasteiger partial charge in [0.05, 0.1) is 11.6 Å². The molecule has 1 saturated heterocycles. The third-order valence-corrected chi connectivity index (χ3v) is 3.64. The number of aromatic amines is 1. The molecule has 3 rings (SSSR count). The average molecular weight is 217 g/mol. The zero-order valence-electron chi connectivity index (χ0n) is 9.51. The average Bonchev–Trinajstić information content (AvgIpc) is 2.87.